The van der Waals surface area contributed by atoms with Gasteiger partial charge in [0.15, 0.2) is 0 Å². The molecule has 0 bridgehead atoms. The summed E-state index contributed by atoms with van der Waals surface area (Å²) in [5.74, 6) is 0.105. The molecular formula is C18H17N3O3S. The Labute approximate surface area is 149 Å². The molecule has 1 aliphatic heterocycles. The van der Waals surface area contributed by atoms with Gasteiger partial charge in [-0.25, -0.2) is 5.48 Å². The van der Waals surface area contributed by atoms with E-state index in [9.17, 15) is 9.59 Å². The second-order valence-corrected chi connectivity index (χ2v) is 6.78. The van der Waals surface area contributed by atoms with Gasteiger partial charge < -0.3 is 5.32 Å². The van der Waals surface area contributed by atoms with E-state index >= 15 is 0 Å². The summed E-state index contributed by atoms with van der Waals surface area (Å²) in [4.78, 5) is 28.1. The highest BCUT2D eigenvalue weighted by Gasteiger charge is 2.17. The van der Waals surface area contributed by atoms with Crippen molar-refractivity contribution >= 4 is 34.3 Å². The van der Waals surface area contributed by atoms with E-state index < -0.39 is 5.91 Å². The van der Waals surface area contributed by atoms with Crippen LogP contribution in [0.25, 0.3) is 0 Å². The molecule has 6 nitrogen and oxygen atoms in total. The molecule has 1 heterocycles. The van der Waals surface area contributed by atoms with Crippen molar-refractivity contribution in [3.05, 3.63) is 65.2 Å². The molecule has 0 radical (unpaired) electrons. The van der Waals surface area contributed by atoms with Crippen molar-refractivity contribution in [2.75, 3.05) is 11.1 Å². The molecular weight excluding hydrogens is 338 g/mol. The SMILES string of the molecule is CC1=NC(c2ccc(C(=O)Nc3ccc(C(=O)NO)cc3)cc2)CS1. The number of carbonyl (C=O) groups excluding carboxylic acids is 2. The fourth-order valence-electron chi connectivity index (χ4n) is 2.49. The second kappa shape index (κ2) is 7.50. The van der Waals surface area contributed by atoms with E-state index in [-0.39, 0.29) is 11.9 Å². The zero-order valence-corrected chi connectivity index (χ0v) is 14.3. The van der Waals surface area contributed by atoms with Crippen molar-refractivity contribution < 1.29 is 14.8 Å². The Bertz CT molecular complexity index is 816. The third kappa shape index (κ3) is 4.07. The average molecular weight is 355 g/mol. The lowest BCUT2D eigenvalue weighted by atomic mass is 10.1. The van der Waals surface area contributed by atoms with Crippen LogP contribution in [0.1, 0.15) is 39.2 Å². The minimum atomic E-state index is -0.601. The lowest BCUT2D eigenvalue weighted by molar-refractivity contribution is 0.0706. The summed E-state index contributed by atoms with van der Waals surface area (Å²) in [6, 6.07) is 13.8. The maximum Gasteiger partial charge on any atom is 0.274 e. The van der Waals surface area contributed by atoms with E-state index in [0.717, 1.165) is 16.4 Å². The Morgan fingerprint density at radius 2 is 1.64 bits per heavy atom. The summed E-state index contributed by atoms with van der Waals surface area (Å²) in [6.45, 7) is 2.00. The van der Waals surface area contributed by atoms with Gasteiger partial charge in [0.2, 0.25) is 0 Å². The maximum atomic E-state index is 12.3. The van der Waals surface area contributed by atoms with Crippen LogP contribution in [0.15, 0.2) is 53.5 Å². The Kier molecular flexibility index (Phi) is 5.16. The quantitative estimate of drug-likeness (QED) is 0.580. The van der Waals surface area contributed by atoms with E-state index in [1.807, 2.05) is 19.1 Å². The van der Waals surface area contributed by atoms with E-state index in [4.69, 9.17) is 5.21 Å². The standard InChI is InChI=1S/C18H17N3O3S/c1-11-19-16(10-25-11)12-2-4-13(5-3-12)17(22)20-15-8-6-14(7-9-15)18(23)21-24/h2-9,16,24H,10H2,1H3,(H,20,22)(H,21,23). The van der Waals surface area contributed by atoms with Crippen molar-refractivity contribution in [1.82, 2.24) is 5.48 Å². The van der Waals surface area contributed by atoms with Crippen molar-refractivity contribution in [1.29, 1.82) is 0 Å². The van der Waals surface area contributed by atoms with Gasteiger partial charge in [-0.1, -0.05) is 12.1 Å². The van der Waals surface area contributed by atoms with Crippen molar-refractivity contribution in [3.8, 4) is 0 Å². The van der Waals surface area contributed by atoms with E-state index in [1.54, 1.807) is 41.5 Å². The van der Waals surface area contributed by atoms with Gasteiger partial charge in [-0.2, -0.15) is 0 Å². The molecule has 0 saturated heterocycles. The monoisotopic (exact) mass is 355 g/mol. The fourth-order valence-corrected chi connectivity index (χ4v) is 3.36. The van der Waals surface area contributed by atoms with Gasteiger partial charge in [-0.05, 0) is 48.9 Å². The molecule has 3 rings (SSSR count). The number of nitrogens with one attached hydrogen (secondary N) is 2. The molecule has 0 spiro atoms. The Morgan fingerprint density at radius 3 is 2.20 bits per heavy atom. The number of thioether (sulfide) groups is 1. The van der Waals surface area contributed by atoms with Crippen molar-refractivity contribution in [2.24, 2.45) is 4.99 Å². The number of nitrogens with zero attached hydrogens (tertiary/aromatic N) is 1. The molecule has 0 aliphatic carbocycles. The summed E-state index contributed by atoms with van der Waals surface area (Å²) in [5.41, 5.74) is 4.07. The number of carbonyl (C=O) groups is 2. The van der Waals surface area contributed by atoms with Crippen molar-refractivity contribution in [3.63, 3.8) is 0 Å². The molecule has 2 aromatic rings. The predicted molar refractivity (Wildman–Crippen MR) is 98.4 cm³/mol. The molecule has 0 saturated carbocycles. The summed E-state index contributed by atoms with van der Waals surface area (Å²) in [5, 5.41) is 12.5. The summed E-state index contributed by atoms with van der Waals surface area (Å²) < 4.78 is 0. The zero-order chi connectivity index (χ0) is 17.8. The summed E-state index contributed by atoms with van der Waals surface area (Å²) >= 11 is 1.74. The van der Waals surface area contributed by atoms with Crippen LogP contribution in [0.5, 0.6) is 0 Å². The maximum absolute atomic E-state index is 12.3. The number of aliphatic imine (C=N–C) groups is 1. The third-order valence-corrected chi connectivity index (χ3v) is 4.86. The van der Waals surface area contributed by atoms with Crippen LogP contribution in [-0.4, -0.2) is 27.8 Å². The largest absolute Gasteiger partial charge is 0.322 e. The number of rotatable bonds is 4. The van der Waals surface area contributed by atoms with Crippen LogP contribution >= 0.6 is 11.8 Å². The average Bonchev–Trinajstić information content (AvgIpc) is 3.08. The predicted octanol–water partition coefficient (Wildman–Crippen LogP) is 3.26. The van der Waals surface area contributed by atoms with Gasteiger partial charge >= 0.3 is 0 Å². The van der Waals surface area contributed by atoms with E-state index in [0.29, 0.717) is 16.8 Å². The number of amides is 2. The first-order valence-corrected chi connectivity index (χ1v) is 8.68. The minimum absolute atomic E-state index is 0.160. The first-order chi connectivity index (χ1) is 12.1. The highest BCUT2D eigenvalue weighted by atomic mass is 32.2. The molecule has 0 aromatic heterocycles. The highest BCUT2D eigenvalue weighted by Crippen LogP contribution is 2.30. The van der Waals surface area contributed by atoms with Gasteiger partial charge in [0.25, 0.3) is 11.8 Å². The summed E-state index contributed by atoms with van der Waals surface area (Å²) in [7, 11) is 0. The van der Waals surface area contributed by atoms with Gasteiger partial charge in [-0.3, -0.25) is 19.8 Å². The topological polar surface area (TPSA) is 90.8 Å². The molecule has 128 valence electrons. The van der Waals surface area contributed by atoms with Crippen molar-refractivity contribution in [2.45, 2.75) is 13.0 Å². The smallest absolute Gasteiger partial charge is 0.274 e. The van der Waals surface area contributed by atoms with Crippen LogP contribution in [0.4, 0.5) is 5.69 Å². The van der Waals surface area contributed by atoms with Gasteiger partial charge in [0.1, 0.15) is 0 Å². The number of benzene rings is 2. The molecule has 2 aromatic carbocycles. The van der Waals surface area contributed by atoms with E-state index in [1.165, 1.54) is 12.1 Å². The first-order valence-electron chi connectivity index (χ1n) is 7.70. The molecule has 1 unspecified atom stereocenters. The molecule has 1 aliphatic rings. The Hall–Kier alpha value is -2.64. The lowest BCUT2D eigenvalue weighted by Crippen LogP contribution is -2.18. The van der Waals surface area contributed by atoms with Crippen LogP contribution in [-0.2, 0) is 0 Å². The van der Waals surface area contributed by atoms with Crippen LogP contribution in [0.3, 0.4) is 0 Å². The molecule has 2 amide bonds. The summed E-state index contributed by atoms with van der Waals surface area (Å²) in [6.07, 6.45) is 0. The van der Waals surface area contributed by atoms with Gasteiger partial charge in [0.05, 0.1) is 11.1 Å². The Morgan fingerprint density at radius 1 is 1.04 bits per heavy atom. The third-order valence-electron chi connectivity index (χ3n) is 3.85. The van der Waals surface area contributed by atoms with Gasteiger partial charge in [0, 0.05) is 22.6 Å². The molecule has 25 heavy (non-hydrogen) atoms. The van der Waals surface area contributed by atoms with E-state index in [2.05, 4.69) is 10.3 Å². The van der Waals surface area contributed by atoms with Crippen LogP contribution in [0, 0.1) is 0 Å². The highest BCUT2D eigenvalue weighted by molar-refractivity contribution is 8.14. The minimum Gasteiger partial charge on any atom is -0.322 e. The van der Waals surface area contributed by atoms with Crippen LogP contribution in [0.2, 0.25) is 0 Å². The van der Waals surface area contributed by atoms with Gasteiger partial charge in [-0.15, -0.1) is 11.8 Å². The second-order valence-electron chi connectivity index (χ2n) is 5.57. The number of hydrogen-bond acceptors (Lipinski definition) is 5. The van der Waals surface area contributed by atoms with Crippen LogP contribution < -0.4 is 10.8 Å². The fraction of sp³-hybridized carbons (Fsp3) is 0.167. The Balaban J connectivity index is 1.66. The zero-order valence-electron chi connectivity index (χ0n) is 13.5. The number of anilines is 1. The normalized spacial score (nSPS) is 16.2. The molecule has 3 N–H and O–H groups in total. The first kappa shape index (κ1) is 17.2. The molecule has 7 heteroatoms. The number of hydrogen-bond donors (Lipinski definition) is 3. The lowest BCUT2D eigenvalue weighted by Gasteiger charge is -2.09. The number of hydroxylamine groups is 1. The molecule has 0 fully saturated rings. The molecule has 1 atom stereocenters.